The molecular formula is C18H19N3O4S. The van der Waals surface area contributed by atoms with Gasteiger partial charge in [0.25, 0.3) is 11.5 Å². The fraction of sp³-hybridized carbons (Fsp3) is 0.278. The number of carbonyl (C=O) groups excluding carboxylic acids is 1. The predicted octanol–water partition coefficient (Wildman–Crippen LogP) is 2.66. The fourth-order valence-corrected chi connectivity index (χ4v) is 3.32. The first-order valence-corrected chi connectivity index (χ1v) is 8.94. The van der Waals surface area contributed by atoms with Gasteiger partial charge in [-0.1, -0.05) is 0 Å². The van der Waals surface area contributed by atoms with E-state index in [4.69, 9.17) is 9.47 Å². The molecule has 26 heavy (non-hydrogen) atoms. The van der Waals surface area contributed by atoms with Crippen LogP contribution in [-0.4, -0.2) is 41.5 Å². The Balaban J connectivity index is 1.82. The van der Waals surface area contributed by atoms with Gasteiger partial charge in [0.15, 0.2) is 11.5 Å². The Kier molecular flexibility index (Phi) is 5.22. The average molecular weight is 373 g/mol. The second kappa shape index (κ2) is 7.57. The van der Waals surface area contributed by atoms with Gasteiger partial charge in [0.2, 0.25) is 0 Å². The molecular weight excluding hydrogens is 354 g/mol. The minimum atomic E-state index is -0.207. The van der Waals surface area contributed by atoms with Crippen molar-refractivity contribution in [3.8, 4) is 11.5 Å². The van der Waals surface area contributed by atoms with E-state index in [1.165, 1.54) is 16.2 Å². The van der Waals surface area contributed by atoms with Crippen LogP contribution in [0.5, 0.6) is 11.5 Å². The maximum Gasteiger partial charge on any atom is 0.268 e. The molecule has 0 bridgehead atoms. The van der Waals surface area contributed by atoms with Gasteiger partial charge in [0.05, 0.1) is 25.8 Å². The Morgan fingerprint density at radius 1 is 1.31 bits per heavy atom. The third-order valence-corrected chi connectivity index (χ3v) is 4.71. The minimum Gasteiger partial charge on any atom is -0.493 e. The number of aromatic amines is 1. The molecule has 0 saturated heterocycles. The van der Waals surface area contributed by atoms with Gasteiger partial charge >= 0.3 is 0 Å². The Hall–Kier alpha value is -2.87. The van der Waals surface area contributed by atoms with Crippen molar-refractivity contribution in [3.05, 3.63) is 51.4 Å². The minimum absolute atomic E-state index is 0.190. The quantitative estimate of drug-likeness (QED) is 0.718. The van der Waals surface area contributed by atoms with Crippen LogP contribution >= 0.6 is 11.3 Å². The number of fused-ring (bicyclic) bond motifs is 1. The zero-order valence-corrected chi connectivity index (χ0v) is 15.6. The van der Waals surface area contributed by atoms with Crippen molar-refractivity contribution in [2.75, 3.05) is 20.8 Å². The van der Waals surface area contributed by atoms with Crippen molar-refractivity contribution < 1.29 is 14.3 Å². The molecule has 0 radical (unpaired) electrons. The third kappa shape index (κ3) is 3.55. The number of carbonyl (C=O) groups is 1. The lowest BCUT2D eigenvalue weighted by atomic mass is 10.1. The summed E-state index contributed by atoms with van der Waals surface area (Å²) in [7, 11) is 3.21. The lowest BCUT2D eigenvalue weighted by molar-refractivity contribution is 0.0781. The molecule has 2 aromatic heterocycles. The number of nitrogens with one attached hydrogen (secondary N) is 1. The van der Waals surface area contributed by atoms with E-state index in [2.05, 4.69) is 9.97 Å². The summed E-state index contributed by atoms with van der Waals surface area (Å²) in [6.45, 7) is 2.52. The van der Waals surface area contributed by atoms with E-state index < -0.39 is 0 Å². The van der Waals surface area contributed by atoms with E-state index in [-0.39, 0.29) is 18.0 Å². The molecule has 2 heterocycles. The Morgan fingerprint density at radius 2 is 2.12 bits per heavy atom. The molecule has 0 aliphatic carbocycles. The summed E-state index contributed by atoms with van der Waals surface area (Å²) in [5, 5.41) is 1.82. The molecule has 0 aliphatic rings. The van der Waals surface area contributed by atoms with Gasteiger partial charge in [0, 0.05) is 12.6 Å². The summed E-state index contributed by atoms with van der Waals surface area (Å²) >= 11 is 1.34. The number of amides is 1. The number of ether oxygens (including phenoxy) is 2. The molecule has 0 unspecified atom stereocenters. The SMILES string of the molecule is CCOc1cc(C(=O)N(C)Cc2nc3ccsc3c(=O)[nH]2)ccc1OC. The maximum absolute atomic E-state index is 12.7. The Bertz CT molecular complexity index is 996. The van der Waals surface area contributed by atoms with Crippen LogP contribution in [0.25, 0.3) is 10.2 Å². The smallest absolute Gasteiger partial charge is 0.268 e. The van der Waals surface area contributed by atoms with Crippen molar-refractivity contribution in [3.63, 3.8) is 0 Å². The number of rotatable bonds is 6. The summed E-state index contributed by atoms with van der Waals surface area (Å²) in [4.78, 5) is 33.4. The van der Waals surface area contributed by atoms with Crippen LogP contribution in [0.2, 0.25) is 0 Å². The lowest BCUT2D eigenvalue weighted by Crippen LogP contribution is -2.28. The van der Waals surface area contributed by atoms with E-state index in [1.54, 1.807) is 38.4 Å². The van der Waals surface area contributed by atoms with Gasteiger partial charge < -0.3 is 19.4 Å². The summed E-state index contributed by atoms with van der Waals surface area (Å²) in [6, 6.07) is 6.82. The summed E-state index contributed by atoms with van der Waals surface area (Å²) < 4.78 is 11.3. The van der Waals surface area contributed by atoms with E-state index in [0.717, 1.165) is 0 Å². The van der Waals surface area contributed by atoms with Crippen LogP contribution in [0, 0.1) is 0 Å². The van der Waals surface area contributed by atoms with Crippen LogP contribution in [-0.2, 0) is 6.54 Å². The Morgan fingerprint density at radius 3 is 2.85 bits per heavy atom. The largest absolute Gasteiger partial charge is 0.493 e. The molecule has 136 valence electrons. The molecule has 3 rings (SSSR count). The number of benzene rings is 1. The lowest BCUT2D eigenvalue weighted by Gasteiger charge is -2.18. The predicted molar refractivity (Wildman–Crippen MR) is 100 cm³/mol. The van der Waals surface area contributed by atoms with Crippen molar-refractivity contribution in [2.45, 2.75) is 13.5 Å². The van der Waals surface area contributed by atoms with Crippen molar-refractivity contribution in [1.82, 2.24) is 14.9 Å². The highest BCUT2D eigenvalue weighted by molar-refractivity contribution is 7.17. The van der Waals surface area contributed by atoms with Gasteiger partial charge in [-0.25, -0.2) is 4.98 Å². The number of thiophene rings is 1. The van der Waals surface area contributed by atoms with Crippen molar-refractivity contribution in [1.29, 1.82) is 0 Å². The highest BCUT2D eigenvalue weighted by atomic mass is 32.1. The van der Waals surface area contributed by atoms with E-state index in [0.29, 0.717) is 39.7 Å². The molecule has 0 aliphatic heterocycles. The number of hydrogen-bond acceptors (Lipinski definition) is 6. The van der Waals surface area contributed by atoms with E-state index in [9.17, 15) is 9.59 Å². The maximum atomic E-state index is 12.7. The van der Waals surface area contributed by atoms with Gasteiger partial charge in [-0.05, 0) is 36.6 Å². The van der Waals surface area contributed by atoms with Crippen LogP contribution in [0.4, 0.5) is 0 Å². The molecule has 3 aromatic rings. The molecule has 1 N–H and O–H groups in total. The van der Waals surface area contributed by atoms with Gasteiger partial charge in [0.1, 0.15) is 10.5 Å². The molecule has 8 heteroatoms. The number of methoxy groups -OCH3 is 1. The first-order valence-electron chi connectivity index (χ1n) is 8.06. The number of H-pyrrole nitrogens is 1. The van der Waals surface area contributed by atoms with Gasteiger partial charge in [-0.2, -0.15) is 0 Å². The fourth-order valence-electron chi connectivity index (χ4n) is 2.59. The molecule has 0 atom stereocenters. The first-order chi connectivity index (χ1) is 12.5. The second-order valence-electron chi connectivity index (χ2n) is 5.61. The molecule has 0 fully saturated rings. The average Bonchev–Trinajstić information content (AvgIpc) is 3.10. The van der Waals surface area contributed by atoms with Gasteiger partial charge in [-0.15, -0.1) is 11.3 Å². The van der Waals surface area contributed by atoms with Crippen LogP contribution in [0.15, 0.2) is 34.4 Å². The molecule has 0 spiro atoms. The summed E-state index contributed by atoms with van der Waals surface area (Å²) in [6.07, 6.45) is 0. The molecule has 1 amide bonds. The second-order valence-corrected chi connectivity index (χ2v) is 6.52. The van der Waals surface area contributed by atoms with Crippen molar-refractivity contribution in [2.24, 2.45) is 0 Å². The normalized spacial score (nSPS) is 10.7. The number of nitrogens with zero attached hydrogens (tertiary/aromatic N) is 2. The molecule has 1 aromatic carbocycles. The van der Waals surface area contributed by atoms with E-state index >= 15 is 0 Å². The zero-order chi connectivity index (χ0) is 18.7. The third-order valence-electron chi connectivity index (χ3n) is 3.81. The van der Waals surface area contributed by atoms with Gasteiger partial charge in [-0.3, -0.25) is 9.59 Å². The zero-order valence-electron chi connectivity index (χ0n) is 14.7. The van der Waals surface area contributed by atoms with Crippen LogP contribution in [0.1, 0.15) is 23.1 Å². The standard InChI is InChI=1S/C18H19N3O4S/c1-4-25-14-9-11(5-6-13(14)24-3)18(23)21(2)10-15-19-12-7-8-26-16(12)17(22)20-15/h5-9H,4,10H2,1-3H3,(H,19,20,22). The topological polar surface area (TPSA) is 84.5 Å². The first kappa shape index (κ1) is 17.9. The summed E-state index contributed by atoms with van der Waals surface area (Å²) in [5.41, 5.74) is 0.914. The highest BCUT2D eigenvalue weighted by Crippen LogP contribution is 2.28. The summed E-state index contributed by atoms with van der Waals surface area (Å²) in [5.74, 6) is 1.32. The molecule has 7 nitrogen and oxygen atoms in total. The monoisotopic (exact) mass is 373 g/mol. The highest BCUT2D eigenvalue weighted by Gasteiger charge is 2.16. The van der Waals surface area contributed by atoms with Crippen LogP contribution in [0.3, 0.4) is 0 Å². The Labute approximate surface area is 154 Å². The number of hydrogen-bond donors (Lipinski definition) is 1. The molecule has 0 saturated carbocycles. The number of aromatic nitrogens is 2. The van der Waals surface area contributed by atoms with Crippen molar-refractivity contribution >= 4 is 27.5 Å². The van der Waals surface area contributed by atoms with Crippen LogP contribution < -0.4 is 15.0 Å². The van der Waals surface area contributed by atoms with E-state index in [1.807, 2.05) is 12.3 Å².